The van der Waals surface area contributed by atoms with Gasteiger partial charge in [0, 0.05) is 21.6 Å². The lowest BCUT2D eigenvalue weighted by molar-refractivity contribution is -0.137. The Morgan fingerprint density at radius 2 is 1.65 bits per heavy atom. The Labute approximate surface area is 181 Å². The molecule has 2 heterocycles. The van der Waals surface area contributed by atoms with E-state index in [1.165, 1.54) is 12.1 Å². The zero-order chi connectivity index (χ0) is 22.2. The summed E-state index contributed by atoms with van der Waals surface area (Å²) in [4.78, 5) is 36.6. The summed E-state index contributed by atoms with van der Waals surface area (Å²) in [5, 5.41) is 11.9. The third-order valence-corrected chi connectivity index (χ3v) is 7.70. The van der Waals surface area contributed by atoms with Crippen LogP contribution < -0.4 is 5.32 Å². The molecule has 2 N–H and O–H groups in total. The number of amides is 1. The number of anilines is 1. The molecule has 0 atom stereocenters. The lowest BCUT2D eigenvalue weighted by Gasteiger charge is -2.11. The van der Waals surface area contributed by atoms with Crippen molar-refractivity contribution in [3.8, 4) is 0 Å². The quantitative estimate of drug-likeness (QED) is 0.550. The minimum Gasteiger partial charge on any atom is -0.480 e. The summed E-state index contributed by atoms with van der Waals surface area (Å²) in [6.45, 7) is -0.667. The summed E-state index contributed by atoms with van der Waals surface area (Å²) in [6.07, 6.45) is 0. The minimum atomic E-state index is -3.90. The van der Waals surface area contributed by atoms with E-state index in [0.717, 1.165) is 15.6 Å². The second kappa shape index (κ2) is 8.06. The molecule has 0 bridgehead atoms. The number of nitrogens with one attached hydrogen (secondary N) is 1. The molecule has 158 valence electrons. The second-order valence-corrected chi connectivity index (χ2v) is 9.84. The van der Waals surface area contributed by atoms with Crippen molar-refractivity contribution in [1.82, 2.24) is 4.31 Å². The van der Waals surface area contributed by atoms with Gasteiger partial charge in [0.05, 0.1) is 16.4 Å². The van der Waals surface area contributed by atoms with Crippen molar-refractivity contribution < 1.29 is 27.9 Å². The number of sulfonamides is 1. The van der Waals surface area contributed by atoms with Crippen molar-refractivity contribution in [3.05, 3.63) is 82.2 Å². The average molecular weight is 457 g/mol. The van der Waals surface area contributed by atoms with E-state index in [4.69, 9.17) is 5.11 Å². The molecule has 0 fully saturated rings. The van der Waals surface area contributed by atoms with Crippen molar-refractivity contribution in [2.45, 2.75) is 11.4 Å². The molecule has 1 aromatic heterocycles. The van der Waals surface area contributed by atoms with E-state index < -0.39 is 28.4 Å². The highest BCUT2D eigenvalue weighted by Crippen LogP contribution is 2.39. The van der Waals surface area contributed by atoms with Gasteiger partial charge in [-0.2, -0.15) is 4.31 Å². The van der Waals surface area contributed by atoms with Gasteiger partial charge in [0.15, 0.2) is 5.78 Å². The first-order valence-electron chi connectivity index (χ1n) is 9.11. The Hall–Kier alpha value is -3.34. The van der Waals surface area contributed by atoms with Gasteiger partial charge in [0.1, 0.15) is 6.54 Å². The van der Waals surface area contributed by atoms with Crippen LogP contribution in [0, 0.1) is 0 Å². The van der Waals surface area contributed by atoms with Crippen molar-refractivity contribution in [2.75, 3.05) is 11.9 Å². The smallest absolute Gasteiger partial charge is 0.318 e. The number of aliphatic carboxylic acids is 1. The number of nitrogens with zero attached hydrogens (tertiary/aromatic N) is 1. The lowest BCUT2D eigenvalue weighted by atomic mass is 10.0. The van der Waals surface area contributed by atoms with Gasteiger partial charge >= 0.3 is 5.97 Å². The van der Waals surface area contributed by atoms with Crippen molar-refractivity contribution in [3.63, 3.8) is 0 Å². The second-order valence-electron chi connectivity index (χ2n) is 6.79. The number of carboxylic acids is 1. The summed E-state index contributed by atoms with van der Waals surface area (Å²) in [5.41, 5.74) is 1.12. The molecule has 3 aromatic rings. The van der Waals surface area contributed by atoms with Crippen molar-refractivity contribution in [1.29, 1.82) is 0 Å². The van der Waals surface area contributed by atoms with Crippen LogP contribution in [0.3, 0.4) is 0 Å². The zero-order valence-corrected chi connectivity index (χ0v) is 17.6. The summed E-state index contributed by atoms with van der Waals surface area (Å²) < 4.78 is 25.8. The van der Waals surface area contributed by atoms with E-state index in [1.54, 1.807) is 48.5 Å². The molecule has 1 amide bonds. The number of hydrogen-bond acceptors (Lipinski definition) is 6. The van der Waals surface area contributed by atoms with Crippen LogP contribution in [0.1, 0.15) is 31.2 Å². The Morgan fingerprint density at radius 1 is 0.968 bits per heavy atom. The third kappa shape index (κ3) is 4.13. The van der Waals surface area contributed by atoms with Crippen molar-refractivity contribution in [2.24, 2.45) is 0 Å². The molecule has 0 aliphatic carbocycles. The molecule has 0 saturated heterocycles. The molecule has 0 unspecified atom stereocenters. The number of hydrogen-bond donors (Lipinski definition) is 2. The fourth-order valence-electron chi connectivity index (χ4n) is 3.22. The molecule has 1 aliphatic rings. The fraction of sp³-hybridized carbons (Fsp3) is 0.0952. The maximum Gasteiger partial charge on any atom is 0.318 e. The van der Waals surface area contributed by atoms with Gasteiger partial charge in [-0.15, -0.1) is 11.3 Å². The number of carbonyl (C=O) groups excluding carboxylic acids is 2. The van der Waals surface area contributed by atoms with Crippen molar-refractivity contribution >= 4 is 44.0 Å². The van der Waals surface area contributed by atoms with E-state index in [-0.39, 0.29) is 22.8 Å². The average Bonchev–Trinajstić information content (AvgIpc) is 3.25. The van der Waals surface area contributed by atoms with Crippen LogP contribution >= 0.6 is 11.3 Å². The number of ketones is 1. The molecule has 2 aromatic carbocycles. The predicted molar refractivity (Wildman–Crippen MR) is 114 cm³/mol. The van der Waals surface area contributed by atoms with E-state index in [9.17, 15) is 22.8 Å². The minimum absolute atomic E-state index is 0.00190. The summed E-state index contributed by atoms with van der Waals surface area (Å²) in [6, 6.07) is 16.3. The highest BCUT2D eigenvalue weighted by atomic mass is 32.2. The fourth-order valence-corrected chi connectivity index (χ4v) is 6.26. The van der Waals surface area contributed by atoms with Crippen LogP contribution in [-0.4, -0.2) is 42.0 Å². The monoisotopic (exact) mass is 456 g/mol. The highest BCUT2D eigenvalue weighted by Gasteiger charge is 2.38. The van der Waals surface area contributed by atoms with Crippen LogP contribution in [-0.2, 0) is 21.4 Å². The number of carbonyl (C=O) groups is 3. The van der Waals surface area contributed by atoms with Gasteiger partial charge in [-0.25, -0.2) is 8.42 Å². The molecule has 1 aliphatic heterocycles. The predicted octanol–water partition coefficient (Wildman–Crippen LogP) is 2.82. The molecule has 4 rings (SSSR count). The van der Waals surface area contributed by atoms with Gasteiger partial charge in [0.25, 0.3) is 5.91 Å². The molecule has 10 heteroatoms. The summed E-state index contributed by atoms with van der Waals surface area (Å²) >= 11 is 1.07. The van der Waals surface area contributed by atoms with Gasteiger partial charge in [-0.3, -0.25) is 14.4 Å². The molecule has 31 heavy (non-hydrogen) atoms. The zero-order valence-electron chi connectivity index (χ0n) is 15.9. The SMILES string of the molecule is O=C(O)CN1Cc2sc(NC(=O)c3cccc(C(=O)c4ccccc4)c3)cc2S1(=O)=O. The first-order valence-corrected chi connectivity index (χ1v) is 11.4. The molecular weight excluding hydrogens is 440 g/mol. The first kappa shape index (κ1) is 20.9. The number of carboxylic acid groups (broad SMARTS) is 1. The Morgan fingerprint density at radius 3 is 2.32 bits per heavy atom. The highest BCUT2D eigenvalue weighted by molar-refractivity contribution is 7.89. The number of fused-ring (bicyclic) bond motifs is 1. The largest absolute Gasteiger partial charge is 0.480 e. The van der Waals surface area contributed by atoms with Gasteiger partial charge < -0.3 is 10.4 Å². The van der Waals surface area contributed by atoms with Crippen LogP contribution in [0.25, 0.3) is 0 Å². The van der Waals surface area contributed by atoms with E-state index in [0.29, 0.717) is 21.0 Å². The van der Waals surface area contributed by atoms with Gasteiger partial charge in [-0.05, 0) is 18.2 Å². The standard InChI is InChI=1S/C21H16N2O6S2/c24-19(25)12-23-11-16-17(31(23,28)29)10-18(30-16)22-21(27)15-8-4-7-14(9-15)20(26)13-5-2-1-3-6-13/h1-10H,11-12H2,(H,22,27)(H,24,25). The number of rotatable bonds is 6. The van der Waals surface area contributed by atoms with Crippen LogP contribution in [0.15, 0.2) is 65.6 Å². The lowest BCUT2D eigenvalue weighted by Crippen LogP contribution is -2.30. The topological polar surface area (TPSA) is 121 Å². The summed E-state index contributed by atoms with van der Waals surface area (Å²) in [7, 11) is -3.90. The van der Waals surface area contributed by atoms with Gasteiger partial charge in [-0.1, -0.05) is 42.5 Å². The maximum absolute atomic E-state index is 12.7. The van der Waals surface area contributed by atoms with E-state index >= 15 is 0 Å². The molecule has 0 spiro atoms. The Balaban J connectivity index is 1.52. The molecular formula is C21H16N2O6S2. The molecule has 0 saturated carbocycles. The van der Waals surface area contributed by atoms with Crippen LogP contribution in [0.2, 0.25) is 0 Å². The molecule has 0 radical (unpaired) electrons. The van der Waals surface area contributed by atoms with E-state index in [2.05, 4.69) is 5.32 Å². The molecule has 8 nitrogen and oxygen atoms in total. The Kier molecular flexibility index (Phi) is 5.44. The van der Waals surface area contributed by atoms with Crippen LogP contribution in [0.5, 0.6) is 0 Å². The maximum atomic E-state index is 12.7. The first-order chi connectivity index (χ1) is 14.8. The normalized spacial score (nSPS) is 14.7. The van der Waals surface area contributed by atoms with Gasteiger partial charge in [0.2, 0.25) is 10.0 Å². The van der Waals surface area contributed by atoms with E-state index in [1.807, 2.05) is 0 Å². The third-order valence-electron chi connectivity index (χ3n) is 4.68. The number of benzene rings is 2. The number of thiophene rings is 1. The van der Waals surface area contributed by atoms with Crippen LogP contribution in [0.4, 0.5) is 5.00 Å². The Bertz CT molecular complexity index is 1300. The summed E-state index contributed by atoms with van der Waals surface area (Å²) in [5.74, 6) is -1.94.